The lowest BCUT2D eigenvalue weighted by atomic mass is 9.93. The number of benzene rings is 1. The number of piperidine rings is 1. The molecule has 1 amide bonds. The molecule has 0 spiro atoms. The van der Waals surface area contributed by atoms with Gasteiger partial charge in [0.15, 0.2) is 0 Å². The van der Waals surface area contributed by atoms with Crippen LogP contribution in [0.2, 0.25) is 0 Å². The summed E-state index contributed by atoms with van der Waals surface area (Å²) >= 11 is 0. The number of hydrogen-bond acceptors (Lipinski definition) is 3. The number of rotatable bonds is 4. The predicted molar refractivity (Wildman–Crippen MR) is 105 cm³/mol. The van der Waals surface area contributed by atoms with E-state index in [0.29, 0.717) is 12.2 Å². The summed E-state index contributed by atoms with van der Waals surface area (Å²) in [6.45, 7) is 3.61. The lowest BCUT2D eigenvalue weighted by molar-refractivity contribution is 0.0700. The van der Waals surface area contributed by atoms with Gasteiger partial charge in [-0.1, -0.05) is 35.9 Å². The van der Waals surface area contributed by atoms with E-state index in [1.54, 1.807) is 12.3 Å². The normalized spacial score (nSPS) is 17.1. The van der Waals surface area contributed by atoms with Crippen LogP contribution in [0.15, 0.2) is 54.7 Å². The highest BCUT2D eigenvalue weighted by atomic mass is 16.2. The number of amides is 1. The first-order chi connectivity index (χ1) is 13.2. The van der Waals surface area contributed by atoms with Gasteiger partial charge in [0.25, 0.3) is 5.91 Å². The van der Waals surface area contributed by atoms with E-state index in [1.807, 2.05) is 4.90 Å². The molecule has 1 aliphatic heterocycles. The first kappa shape index (κ1) is 17.5. The van der Waals surface area contributed by atoms with Crippen molar-refractivity contribution in [3.05, 3.63) is 82.9 Å². The number of aromatic nitrogens is 3. The SMILES string of the molecule is Cc1cccc(Cc2cccc([C@@H]3CCCN(C(=O)c4ccn[nH]4)C3)n2)c1. The summed E-state index contributed by atoms with van der Waals surface area (Å²) in [5, 5.41) is 6.66. The second-order valence-corrected chi connectivity index (χ2v) is 7.28. The largest absolute Gasteiger partial charge is 0.337 e. The molecule has 5 nitrogen and oxygen atoms in total. The maximum absolute atomic E-state index is 12.6. The van der Waals surface area contributed by atoms with Crippen LogP contribution in [-0.2, 0) is 6.42 Å². The summed E-state index contributed by atoms with van der Waals surface area (Å²) in [7, 11) is 0. The summed E-state index contributed by atoms with van der Waals surface area (Å²) < 4.78 is 0. The van der Waals surface area contributed by atoms with Crippen molar-refractivity contribution in [2.75, 3.05) is 13.1 Å². The Hall–Kier alpha value is -2.95. The summed E-state index contributed by atoms with van der Waals surface area (Å²) in [6, 6.07) is 16.5. The van der Waals surface area contributed by atoms with Crippen molar-refractivity contribution >= 4 is 5.91 Å². The molecular formula is C22H24N4O. The van der Waals surface area contributed by atoms with Crippen molar-refractivity contribution < 1.29 is 4.79 Å². The number of hydrogen-bond donors (Lipinski definition) is 1. The molecule has 0 saturated carbocycles. The van der Waals surface area contributed by atoms with Gasteiger partial charge in [0.05, 0.1) is 0 Å². The fourth-order valence-corrected chi connectivity index (χ4v) is 3.80. The van der Waals surface area contributed by atoms with E-state index < -0.39 is 0 Å². The summed E-state index contributed by atoms with van der Waals surface area (Å²) in [5.74, 6) is 0.302. The molecular weight excluding hydrogens is 336 g/mol. The van der Waals surface area contributed by atoms with E-state index in [-0.39, 0.29) is 11.8 Å². The number of pyridine rings is 1. The van der Waals surface area contributed by atoms with Crippen LogP contribution in [0.5, 0.6) is 0 Å². The lowest BCUT2D eigenvalue weighted by Crippen LogP contribution is -2.39. The molecule has 0 aliphatic carbocycles. The van der Waals surface area contributed by atoms with Crippen LogP contribution >= 0.6 is 0 Å². The molecule has 1 saturated heterocycles. The Morgan fingerprint density at radius 1 is 1.22 bits per heavy atom. The second-order valence-electron chi connectivity index (χ2n) is 7.28. The summed E-state index contributed by atoms with van der Waals surface area (Å²) in [6.07, 6.45) is 4.51. The Labute approximate surface area is 159 Å². The van der Waals surface area contributed by atoms with Gasteiger partial charge in [0.2, 0.25) is 0 Å². The number of aromatic amines is 1. The Balaban J connectivity index is 1.48. The molecule has 2 aromatic heterocycles. The van der Waals surface area contributed by atoms with Crippen molar-refractivity contribution in [1.82, 2.24) is 20.1 Å². The topological polar surface area (TPSA) is 61.9 Å². The van der Waals surface area contributed by atoms with E-state index in [9.17, 15) is 4.79 Å². The van der Waals surface area contributed by atoms with Crippen LogP contribution in [0.25, 0.3) is 0 Å². The quantitative estimate of drug-likeness (QED) is 0.771. The number of H-pyrrole nitrogens is 1. The van der Waals surface area contributed by atoms with Gasteiger partial charge < -0.3 is 4.90 Å². The number of carbonyl (C=O) groups is 1. The third-order valence-electron chi connectivity index (χ3n) is 5.15. The third kappa shape index (κ3) is 4.08. The number of aryl methyl sites for hydroxylation is 1. The molecule has 138 valence electrons. The zero-order valence-corrected chi connectivity index (χ0v) is 15.6. The molecule has 0 bridgehead atoms. The van der Waals surface area contributed by atoms with Crippen LogP contribution < -0.4 is 0 Å². The maximum atomic E-state index is 12.6. The average Bonchev–Trinajstić information content (AvgIpc) is 3.23. The van der Waals surface area contributed by atoms with Crippen LogP contribution in [-0.4, -0.2) is 39.1 Å². The molecule has 1 atom stereocenters. The molecule has 4 rings (SSSR count). The molecule has 1 N–H and O–H groups in total. The van der Waals surface area contributed by atoms with Crippen molar-refractivity contribution in [1.29, 1.82) is 0 Å². The van der Waals surface area contributed by atoms with Gasteiger partial charge in [0.1, 0.15) is 5.69 Å². The zero-order chi connectivity index (χ0) is 18.6. The fourth-order valence-electron chi connectivity index (χ4n) is 3.80. The third-order valence-corrected chi connectivity index (χ3v) is 5.15. The Morgan fingerprint density at radius 3 is 2.93 bits per heavy atom. The van der Waals surface area contributed by atoms with Crippen LogP contribution in [0.1, 0.15) is 51.8 Å². The van der Waals surface area contributed by atoms with E-state index in [2.05, 4.69) is 59.6 Å². The average molecular weight is 360 g/mol. The Kier molecular flexibility index (Phi) is 5.01. The number of carbonyl (C=O) groups excluding carboxylic acids is 1. The Bertz CT molecular complexity index is 920. The highest BCUT2D eigenvalue weighted by Crippen LogP contribution is 2.27. The summed E-state index contributed by atoms with van der Waals surface area (Å²) in [5.41, 5.74) is 5.26. The van der Waals surface area contributed by atoms with Crippen molar-refractivity contribution in [3.8, 4) is 0 Å². The molecule has 3 aromatic rings. The molecule has 1 aromatic carbocycles. The highest BCUT2D eigenvalue weighted by molar-refractivity contribution is 5.92. The van der Waals surface area contributed by atoms with Crippen molar-refractivity contribution in [2.24, 2.45) is 0 Å². The minimum absolute atomic E-state index is 0.0214. The number of nitrogens with one attached hydrogen (secondary N) is 1. The minimum Gasteiger partial charge on any atom is -0.337 e. The molecule has 27 heavy (non-hydrogen) atoms. The van der Waals surface area contributed by atoms with Crippen LogP contribution in [0.4, 0.5) is 0 Å². The molecule has 5 heteroatoms. The smallest absolute Gasteiger partial charge is 0.271 e. The van der Waals surface area contributed by atoms with E-state index in [0.717, 1.165) is 37.2 Å². The predicted octanol–water partition coefficient (Wildman–Crippen LogP) is 3.72. The first-order valence-corrected chi connectivity index (χ1v) is 9.49. The number of likely N-dealkylation sites (tertiary alicyclic amines) is 1. The molecule has 0 unspecified atom stereocenters. The Morgan fingerprint density at radius 2 is 2.11 bits per heavy atom. The molecule has 0 radical (unpaired) electrons. The minimum atomic E-state index is 0.0214. The zero-order valence-electron chi connectivity index (χ0n) is 15.6. The highest BCUT2D eigenvalue weighted by Gasteiger charge is 2.26. The molecule has 1 fully saturated rings. The summed E-state index contributed by atoms with van der Waals surface area (Å²) in [4.78, 5) is 19.4. The van der Waals surface area contributed by atoms with Crippen molar-refractivity contribution in [2.45, 2.75) is 32.1 Å². The maximum Gasteiger partial charge on any atom is 0.271 e. The van der Waals surface area contributed by atoms with Gasteiger partial charge in [-0.3, -0.25) is 14.9 Å². The van der Waals surface area contributed by atoms with Gasteiger partial charge in [-0.25, -0.2) is 0 Å². The monoisotopic (exact) mass is 360 g/mol. The van der Waals surface area contributed by atoms with Gasteiger partial charge in [-0.15, -0.1) is 0 Å². The fraction of sp³-hybridized carbons (Fsp3) is 0.318. The lowest BCUT2D eigenvalue weighted by Gasteiger charge is -2.32. The van der Waals surface area contributed by atoms with E-state index >= 15 is 0 Å². The number of nitrogens with zero attached hydrogens (tertiary/aromatic N) is 3. The van der Waals surface area contributed by atoms with Crippen LogP contribution in [0, 0.1) is 6.92 Å². The van der Waals surface area contributed by atoms with Crippen molar-refractivity contribution in [3.63, 3.8) is 0 Å². The van der Waals surface area contributed by atoms with Gasteiger partial charge in [-0.2, -0.15) is 5.10 Å². The van der Waals surface area contributed by atoms with Gasteiger partial charge >= 0.3 is 0 Å². The van der Waals surface area contributed by atoms with E-state index in [1.165, 1.54) is 11.1 Å². The first-order valence-electron chi connectivity index (χ1n) is 9.49. The molecule has 3 heterocycles. The molecule has 1 aliphatic rings. The van der Waals surface area contributed by atoms with Gasteiger partial charge in [-0.05, 0) is 43.5 Å². The second kappa shape index (κ2) is 7.74. The van der Waals surface area contributed by atoms with Gasteiger partial charge in [0, 0.05) is 43.0 Å². The standard InChI is InChI=1S/C22H24N4O/c1-16-5-2-6-17(13-16)14-19-8-3-9-20(24-19)18-7-4-12-26(15-18)22(27)21-10-11-23-25-21/h2-3,5-6,8-11,13,18H,4,7,12,14-15H2,1H3,(H,23,25)/t18-/m1/s1. The van der Waals surface area contributed by atoms with E-state index in [4.69, 9.17) is 4.98 Å². The van der Waals surface area contributed by atoms with Crippen LogP contribution in [0.3, 0.4) is 0 Å².